The van der Waals surface area contributed by atoms with Gasteiger partial charge in [0.25, 0.3) is 5.91 Å². The lowest BCUT2D eigenvalue weighted by atomic mass is 10.4. The number of benzene rings is 1. The van der Waals surface area contributed by atoms with Crippen molar-refractivity contribution in [1.29, 1.82) is 0 Å². The molecule has 0 saturated carbocycles. The Balaban J connectivity index is 1.48. The summed E-state index contributed by atoms with van der Waals surface area (Å²) >= 11 is 0. The van der Waals surface area contributed by atoms with Crippen molar-refractivity contribution in [3.63, 3.8) is 0 Å². The van der Waals surface area contributed by atoms with Gasteiger partial charge in [-0.1, -0.05) is 0 Å². The molecule has 0 spiro atoms. The molecule has 0 bridgehead atoms. The van der Waals surface area contributed by atoms with Crippen molar-refractivity contribution in [2.45, 2.75) is 10.6 Å². The first-order valence-corrected chi connectivity index (χ1v) is 9.74. The number of furan rings is 1. The summed E-state index contributed by atoms with van der Waals surface area (Å²) in [6, 6.07) is 8.70. The lowest BCUT2D eigenvalue weighted by molar-refractivity contribution is 0.0382. The number of hydrogen-bond acceptors (Lipinski definition) is 5. The van der Waals surface area contributed by atoms with E-state index in [4.69, 9.17) is 9.15 Å². The van der Waals surface area contributed by atoms with Crippen molar-refractivity contribution in [1.82, 2.24) is 10.2 Å². The Morgan fingerprint density at radius 2 is 1.88 bits per heavy atom. The van der Waals surface area contributed by atoms with Gasteiger partial charge >= 0.3 is 0 Å². The molecule has 1 N–H and O–H groups in total. The Labute approximate surface area is 153 Å². The van der Waals surface area contributed by atoms with Crippen molar-refractivity contribution in [3.05, 3.63) is 53.7 Å². The molecule has 0 unspecified atom stereocenters. The van der Waals surface area contributed by atoms with Gasteiger partial charge in [0.1, 0.15) is 11.6 Å². The van der Waals surface area contributed by atoms with Gasteiger partial charge in [0.15, 0.2) is 5.76 Å². The Hall–Kier alpha value is -2.03. The average Bonchev–Trinajstić information content (AvgIpc) is 3.11. The van der Waals surface area contributed by atoms with Crippen LogP contribution in [0.1, 0.15) is 16.3 Å². The molecule has 3 rings (SSSR count). The zero-order valence-electron chi connectivity index (χ0n) is 14.3. The van der Waals surface area contributed by atoms with Crippen LogP contribution in [0, 0.1) is 5.82 Å². The molecule has 1 atom stereocenters. The Kier molecular flexibility index (Phi) is 6.54. The van der Waals surface area contributed by atoms with Gasteiger partial charge < -0.3 is 14.5 Å². The molecule has 1 aliphatic heterocycles. The van der Waals surface area contributed by atoms with Gasteiger partial charge in [-0.05, 0) is 36.4 Å². The van der Waals surface area contributed by atoms with Crippen molar-refractivity contribution in [3.8, 4) is 0 Å². The molecule has 1 aromatic heterocycles. The predicted molar refractivity (Wildman–Crippen MR) is 94.8 cm³/mol. The van der Waals surface area contributed by atoms with Crippen LogP contribution in [0.3, 0.4) is 0 Å². The third-order valence-electron chi connectivity index (χ3n) is 4.05. The number of amides is 1. The predicted octanol–water partition coefficient (Wildman–Crippen LogP) is 1.79. The highest BCUT2D eigenvalue weighted by Crippen LogP contribution is 2.15. The summed E-state index contributed by atoms with van der Waals surface area (Å²) in [6.07, 6.45) is 0. The van der Waals surface area contributed by atoms with E-state index in [2.05, 4.69) is 10.2 Å². The number of nitrogens with zero attached hydrogens (tertiary/aromatic N) is 1. The van der Waals surface area contributed by atoms with Crippen LogP contribution in [0.2, 0.25) is 0 Å². The molecule has 0 aliphatic carbocycles. The highest BCUT2D eigenvalue weighted by molar-refractivity contribution is 7.84. The van der Waals surface area contributed by atoms with Crippen molar-refractivity contribution in [2.24, 2.45) is 0 Å². The number of morpholine rings is 1. The number of halogens is 1. The number of nitrogens with one attached hydrogen (secondary N) is 1. The number of hydrogen-bond donors (Lipinski definition) is 1. The maximum absolute atomic E-state index is 12.9. The van der Waals surface area contributed by atoms with E-state index in [1.165, 1.54) is 24.3 Å². The third-order valence-corrected chi connectivity index (χ3v) is 5.40. The van der Waals surface area contributed by atoms with E-state index in [0.717, 1.165) is 32.8 Å². The van der Waals surface area contributed by atoms with Crippen LogP contribution in [0.25, 0.3) is 0 Å². The van der Waals surface area contributed by atoms with E-state index >= 15 is 0 Å². The number of ether oxygens (including phenoxy) is 1. The van der Waals surface area contributed by atoms with Crippen LogP contribution in [-0.2, 0) is 21.3 Å². The molecule has 2 aromatic rings. The van der Waals surface area contributed by atoms with Crippen LogP contribution in [-0.4, -0.2) is 54.4 Å². The standard InChI is InChI=1S/C18H21FN2O4S/c19-14-1-4-16(5-2-14)26(23)13-15-3-6-17(25-15)18(22)20-7-8-21-9-11-24-12-10-21/h1-6H,7-13H2,(H,20,22)/t26-/m1/s1. The Morgan fingerprint density at radius 3 is 2.62 bits per heavy atom. The molecule has 8 heteroatoms. The molecule has 1 amide bonds. The normalized spacial score (nSPS) is 16.3. The zero-order valence-corrected chi connectivity index (χ0v) is 15.1. The number of carbonyl (C=O) groups is 1. The second-order valence-electron chi connectivity index (χ2n) is 5.92. The van der Waals surface area contributed by atoms with Crippen LogP contribution < -0.4 is 5.32 Å². The van der Waals surface area contributed by atoms with E-state index in [-0.39, 0.29) is 23.2 Å². The highest BCUT2D eigenvalue weighted by Gasteiger charge is 2.15. The van der Waals surface area contributed by atoms with E-state index in [9.17, 15) is 13.4 Å². The van der Waals surface area contributed by atoms with E-state index in [0.29, 0.717) is 17.2 Å². The van der Waals surface area contributed by atoms with Crippen LogP contribution in [0.4, 0.5) is 4.39 Å². The largest absolute Gasteiger partial charge is 0.455 e. The third kappa shape index (κ3) is 5.23. The maximum atomic E-state index is 12.9. The molecule has 0 radical (unpaired) electrons. The summed E-state index contributed by atoms with van der Waals surface area (Å²) in [5.74, 6) is 0.105. The first kappa shape index (κ1) is 18.8. The van der Waals surface area contributed by atoms with Gasteiger partial charge in [-0.3, -0.25) is 13.9 Å². The van der Waals surface area contributed by atoms with Gasteiger partial charge in [0.05, 0.1) is 29.8 Å². The Morgan fingerprint density at radius 1 is 1.15 bits per heavy atom. The monoisotopic (exact) mass is 380 g/mol. The molecule has 1 saturated heterocycles. The minimum atomic E-state index is -1.36. The molecule has 1 fully saturated rings. The molecule has 26 heavy (non-hydrogen) atoms. The van der Waals surface area contributed by atoms with Gasteiger partial charge in [0.2, 0.25) is 0 Å². The molecule has 1 aromatic carbocycles. The minimum Gasteiger partial charge on any atom is -0.455 e. The van der Waals surface area contributed by atoms with E-state index in [1.807, 2.05) is 0 Å². The quantitative estimate of drug-likeness (QED) is 0.793. The summed E-state index contributed by atoms with van der Waals surface area (Å²) in [5.41, 5.74) is 0. The molecular weight excluding hydrogens is 359 g/mol. The van der Waals surface area contributed by atoms with Crippen molar-refractivity contribution >= 4 is 16.7 Å². The average molecular weight is 380 g/mol. The van der Waals surface area contributed by atoms with Gasteiger partial charge in [-0.25, -0.2) is 4.39 Å². The van der Waals surface area contributed by atoms with Crippen LogP contribution in [0.15, 0.2) is 45.7 Å². The zero-order chi connectivity index (χ0) is 18.4. The van der Waals surface area contributed by atoms with Crippen molar-refractivity contribution < 1.29 is 22.5 Å². The van der Waals surface area contributed by atoms with Crippen LogP contribution in [0.5, 0.6) is 0 Å². The fourth-order valence-corrected chi connectivity index (χ4v) is 3.64. The maximum Gasteiger partial charge on any atom is 0.287 e. The lowest BCUT2D eigenvalue weighted by Gasteiger charge is -2.26. The minimum absolute atomic E-state index is 0.132. The SMILES string of the molecule is O=C(NCCN1CCOCC1)c1ccc(C[S@@](=O)c2ccc(F)cc2)o1. The summed E-state index contributed by atoms with van der Waals surface area (Å²) in [4.78, 5) is 14.9. The topological polar surface area (TPSA) is 71.8 Å². The number of carbonyl (C=O) groups excluding carboxylic acids is 1. The van der Waals surface area contributed by atoms with E-state index in [1.54, 1.807) is 12.1 Å². The molecular formula is C18H21FN2O4S. The van der Waals surface area contributed by atoms with Gasteiger partial charge in [-0.2, -0.15) is 0 Å². The highest BCUT2D eigenvalue weighted by atomic mass is 32.2. The second-order valence-corrected chi connectivity index (χ2v) is 7.37. The summed E-state index contributed by atoms with van der Waals surface area (Å²) in [5, 5.41) is 2.82. The Bertz CT molecular complexity index is 757. The lowest BCUT2D eigenvalue weighted by Crippen LogP contribution is -2.41. The van der Waals surface area contributed by atoms with E-state index < -0.39 is 10.8 Å². The summed E-state index contributed by atoms with van der Waals surface area (Å²) in [7, 11) is -1.36. The summed E-state index contributed by atoms with van der Waals surface area (Å²) in [6.45, 7) is 4.47. The molecule has 6 nitrogen and oxygen atoms in total. The van der Waals surface area contributed by atoms with Crippen LogP contribution >= 0.6 is 0 Å². The molecule has 140 valence electrons. The van der Waals surface area contributed by atoms with Crippen molar-refractivity contribution in [2.75, 3.05) is 39.4 Å². The number of rotatable bonds is 7. The first-order chi connectivity index (χ1) is 12.6. The molecule has 1 aliphatic rings. The van der Waals surface area contributed by atoms with Gasteiger partial charge in [0, 0.05) is 31.1 Å². The molecule has 2 heterocycles. The second kappa shape index (κ2) is 9.07. The fourth-order valence-electron chi connectivity index (χ4n) is 2.62. The van der Waals surface area contributed by atoms with Gasteiger partial charge in [-0.15, -0.1) is 0 Å². The first-order valence-electron chi connectivity index (χ1n) is 8.43. The smallest absolute Gasteiger partial charge is 0.287 e. The fraction of sp³-hybridized carbons (Fsp3) is 0.389. The summed E-state index contributed by atoms with van der Waals surface area (Å²) < 4.78 is 36.0.